The number of hydrogen-bond donors (Lipinski definition) is 0. The van der Waals surface area contributed by atoms with Gasteiger partial charge in [-0.2, -0.15) is 0 Å². The molecule has 0 atom stereocenters. The molecule has 0 aliphatic heterocycles. The summed E-state index contributed by atoms with van der Waals surface area (Å²) < 4.78 is 17.2. The standard InChI is InChI=1S/C21H19ClN2O3/c1-13-3-4-14-5-6-15(9-16(13)14)27-21-17-10-19(25-2)20(26-8-7-22)11-18(17)23-12-24-21/h3,5-6,9-12H,4,7-8H2,1-2H3. The lowest BCUT2D eigenvalue weighted by Gasteiger charge is -2.13. The van der Waals surface area contributed by atoms with Crippen molar-refractivity contribution in [2.45, 2.75) is 13.3 Å². The molecular formula is C21H19ClN2O3. The molecule has 3 aromatic rings. The number of alkyl halides is 1. The van der Waals surface area contributed by atoms with Gasteiger partial charge >= 0.3 is 0 Å². The molecule has 138 valence electrons. The zero-order valence-electron chi connectivity index (χ0n) is 15.2. The Labute approximate surface area is 162 Å². The number of benzene rings is 2. The SMILES string of the molecule is COc1cc2c(Oc3ccc4c(c3)C(C)=CC4)ncnc2cc1OCCCl. The van der Waals surface area contributed by atoms with Gasteiger partial charge in [0.1, 0.15) is 18.7 Å². The highest BCUT2D eigenvalue weighted by Gasteiger charge is 2.15. The lowest BCUT2D eigenvalue weighted by atomic mass is 10.1. The third-order valence-corrected chi connectivity index (χ3v) is 4.72. The average molecular weight is 383 g/mol. The molecule has 0 saturated carbocycles. The molecule has 2 aromatic carbocycles. The van der Waals surface area contributed by atoms with Crippen LogP contribution in [0.2, 0.25) is 0 Å². The van der Waals surface area contributed by atoms with Gasteiger partial charge in [-0.3, -0.25) is 0 Å². The molecule has 1 aliphatic rings. The van der Waals surface area contributed by atoms with Crippen molar-refractivity contribution >= 4 is 28.1 Å². The zero-order valence-corrected chi connectivity index (χ0v) is 15.9. The van der Waals surface area contributed by atoms with Gasteiger partial charge in [0.2, 0.25) is 5.88 Å². The Kier molecular flexibility index (Phi) is 4.86. The Morgan fingerprint density at radius 2 is 2.00 bits per heavy atom. The van der Waals surface area contributed by atoms with E-state index >= 15 is 0 Å². The minimum Gasteiger partial charge on any atom is -0.493 e. The quantitative estimate of drug-likeness (QED) is 0.561. The number of hydrogen-bond acceptors (Lipinski definition) is 5. The summed E-state index contributed by atoms with van der Waals surface area (Å²) in [5, 5.41) is 0.750. The Hall–Kier alpha value is -2.79. The first-order valence-electron chi connectivity index (χ1n) is 8.69. The molecule has 27 heavy (non-hydrogen) atoms. The maximum atomic E-state index is 6.09. The molecule has 0 bridgehead atoms. The Morgan fingerprint density at radius 3 is 2.81 bits per heavy atom. The lowest BCUT2D eigenvalue weighted by Crippen LogP contribution is -2.01. The van der Waals surface area contributed by atoms with E-state index in [2.05, 4.69) is 35.1 Å². The molecule has 6 heteroatoms. The van der Waals surface area contributed by atoms with Crippen LogP contribution in [0.1, 0.15) is 18.1 Å². The van der Waals surface area contributed by atoms with Crippen LogP contribution in [0.5, 0.6) is 23.1 Å². The summed E-state index contributed by atoms with van der Waals surface area (Å²) in [4.78, 5) is 8.65. The number of ether oxygens (including phenoxy) is 3. The van der Waals surface area contributed by atoms with Gasteiger partial charge in [0.05, 0.1) is 23.9 Å². The van der Waals surface area contributed by atoms with Crippen molar-refractivity contribution in [1.29, 1.82) is 0 Å². The number of rotatable bonds is 6. The van der Waals surface area contributed by atoms with Crippen LogP contribution in [0, 0.1) is 0 Å². The molecule has 4 rings (SSSR count). The van der Waals surface area contributed by atoms with E-state index in [0.29, 0.717) is 35.4 Å². The molecule has 0 N–H and O–H groups in total. The second-order valence-electron chi connectivity index (χ2n) is 6.25. The average Bonchev–Trinajstić information content (AvgIpc) is 3.06. The van der Waals surface area contributed by atoms with Crippen LogP contribution in [0.15, 0.2) is 42.7 Å². The summed E-state index contributed by atoms with van der Waals surface area (Å²) in [7, 11) is 1.59. The van der Waals surface area contributed by atoms with Crippen LogP contribution in [0.4, 0.5) is 0 Å². The number of nitrogens with zero attached hydrogens (tertiary/aromatic N) is 2. The highest BCUT2D eigenvalue weighted by atomic mass is 35.5. The van der Waals surface area contributed by atoms with E-state index in [4.69, 9.17) is 25.8 Å². The van der Waals surface area contributed by atoms with E-state index in [0.717, 1.165) is 17.6 Å². The Morgan fingerprint density at radius 1 is 1.11 bits per heavy atom. The minimum atomic E-state index is 0.389. The number of fused-ring (bicyclic) bond motifs is 2. The van der Waals surface area contributed by atoms with E-state index in [-0.39, 0.29) is 0 Å². The van der Waals surface area contributed by atoms with Crippen LogP contribution < -0.4 is 14.2 Å². The van der Waals surface area contributed by atoms with Gasteiger partial charge < -0.3 is 14.2 Å². The van der Waals surface area contributed by atoms with Crippen molar-refractivity contribution in [2.24, 2.45) is 0 Å². The largest absolute Gasteiger partial charge is 0.493 e. The van der Waals surface area contributed by atoms with Crippen LogP contribution >= 0.6 is 11.6 Å². The first-order valence-corrected chi connectivity index (χ1v) is 9.22. The van der Waals surface area contributed by atoms with Gasteiger partial charge in [-0.25, -0.2) is 9.97 Å². The fourth-order valence-electron chi connectivity index (χ4n) is 3.19. The molecule has 0 fully saturated rings. The lowest BCUT2D eigenvalue weighted by molar-refractivity contribution is 0.313. The molecule has 1 aliphatic carbocycles. The smallest absolute Gasteiger partial charge is 0.230 e. The molecule has 1 heterocycles. The number of allylic oxidation sites excluding steroid dienone is 2. The van der Waals surface area contributed by atoms with Gasteiger partial charge in [-0.05, 0) is 48.2 Å². The van der Waals surface area contributed by atoms with Crippen molar-refractivity contribution in [3.8, 4) is 23.1 Å². The molecule has 0 unspecified atom stereocenters. The fraction of sp³-hybridized carbons (Fsp3) is 0.238. The first kappa shape index (κ1) is 17.6. The molecule has 0 spiro atoms. The van der Waals surface area contributed by atoms with Crippen LogP contribution in [-0.2, 0) is 6.42 Å². The number of aromatic nitrogens is 2. The van der Waals surface area contributed by atoms with Crippen molar-refractivity contribution in [3.05, 3.63) is 53.9 Å². The third kappa shape index (κ3) is 3.43. The van der Waals surface area contributed by atoms with Crippen LogP contribution in [0.3, 0.4) is 0 Å². The van der Waals surface area contributed by atoms with E-state index in [1.807, 2.05) is 18.2 Å². The molecule has 0 saturated heterocycles. The van der Waals surface area contributed by atoms with Crippen LogP contribution in [-0.4, -0.2) is 29.6 Å². The van der Waals surface area contributed by atoms with E-state index < -0.39 is 0 Å². The zero-order chi connectivity index (χ0) is 18.8. The maximum Gasteiger partial charge on any atom is 0.230 e. The first-order chi connectivity index (χ1) is 13.2. The Bertz CT molecular complexity index is 1030. The maximum absolute atomic E-state index is 6.09. The van der Waals surface area contributed by atoms with Gasteiger partial charge in [0.15, 0.2) is 11.5 Å². The molecule has 1 aromatic heterocycles. The minimum absolute atomic E-state index is 0.389. The summed E-state index contributed by atoms with van der Waals surface area (Å²) in [5.41, 5.74) is 4.52. The van der Waals surface area contributed by atoms with E-state index in [1.165, 1.54) is 23.0 Å². The molecule has 0 amide bonds. The molecule has 0 radical (unpaired) electrons. The number of halogens is 1. The normalized spacial score (nSPS) is 12.6. The highest BCUT2D eigenvalue weighted by molar-refractivity contribution is 6.18. The number of methoxy groups -OCH3 is 1. The predicted octanol–water partition coefficient (Wildman–Crippen LogP) is 5.01. The van der Waals surface area contributed by atoms with E-state index in [1.54, 1.807) is 7.11 Å². The predicted molar refractivity (Wildman–Crippen MR) is 106 cm³/mol. The summed E-state index contributed by atoms with van der Waals surface area (Å²) in [6.07, 6.45) is 4.68. The summed E-state index contributed by atoms with van der Waals surface area (Å²) >= 11 is 5.72. The molecule has 5 nitrogen and oxygen atoms in total. The van der Waals surface area contributed by atoms with Crippen molar-refractivity contribution < 1.29 is 14.2 Å². The van der Waals surface area contributed by atoms with Crippen molar-refractivity contribution in [3.63, 3.8) is 0 Å². The monoisotopic (exact) mass is 382 g/mol. The van der Waals surface area contributed by atoms with Gasteiger partial charge in [0, 0.05) is 6.07 Å². The summed E-state index contributed by atoms with van der Waals surface area (Å²) in [6.45, 7) is 2.50. The van der Waals surface area contributed by atoms with E-state index in [9.17, 15) is 0 Å². The third-order valence-electron chi connectivity index (χ3n) is 4.57. The van der Waals surface area contributed by atoms with Gasteiger partial charge in [0.25, 0.3) is 0 Å². The summed E-state index contributed by atoms with van der Waals surface area (Å²) in [6, 6.07) is 9.75. The summed E-state index contributed by atoms with van der Waals surface area (Å²) in [5.74, 6) is 2.78. The van der Waals surface area contributed by atoms with Crippen LogP contribution in [0.25, 0.3) is 16.5 Å². The Balaban J connectivity index is 1.72. The van der Waals surface area contributed by atoms with Crippen molar-refractivity contribution in [2.75, 3.05) is 19.6 Å². The fourth-order valence-corrected chi connectivity index (χ4v) is 3.27. The second-order valence-corrected chi connectivity index (χ2v) is 6.63. The molecular weight excluding hydrogens is 364 g/mol. The van der Waals surface area contributed by atoms with Crippen molar-refractivity contribution in [1.82, 2.24) is 9.97 Å². The highest BCUT2D eigenvalue weighted by Crippen LogP contribution is 2.37. The second kappa shape index (κ2) is 7.45. The van der Waals surface area contributed by atoms with Gasteiger partial charge in [-0.1, -0.05) is 12.1 Å². The topological polar surface area (TPSA) is 53.5 Å². The van der Waals surface area contributed by atoms with Gasteiger partial charge in [-0.15, -0.1) is 11.6 Å².